The van der Waals surface area contributed by atoms with Crippen molar-refractivity contribution < 1.29 is 14.3 Å². The zero-order valence-corrected chi connectivity index (χ0v) is 24.8. The Balaban J connectivity index is 1.22. The number of piperazine rings is 1. The number of likely N-dealkylation sites (N-methyl/N-ethyl adjacent to an activating group) is 1. The Morgan fingerprint density at radius 1 is 1.27 bits per heavy atom. The Morgan fingerprint density at radius 3 is 2.90 bits per heavy atom. The number of likely N-dealkylation sites (tertiary alicyclic amines) is 1. The molecule has 4 fully saturated rings. The molecule has 1 saturated carbocycles. The number of fused-ring (bicyclic) bond motifs is 2. The van der Waals surface area contributed by atoms with E-state index in [-0.39, 0.29) is 36.1 Å². The van der Waals surface area contributed by atoms with Crippen molar-refractivity contribution >= 4 is 17.5 Å². The van der Waals surface area contributed by atoms with Crippen molar-refractivity contribution in [2.75, 3.05) is 39.8 Å². The molecule has 4 aliphatic heterocycles. The average Bonchev–Trinajstić information content (AvgIpc) is 3.39. The van der Waals surface area contributed by atoms with Gasteiger partial charge in [-0.2, -0.15) is 5.26 Å². The molecule has 3 saturated heterocycles. The summed E-state index contributed by atoms with van der Waals surface area (Å²) < 4.78 is 13.1. The van der Waals surface area contributed by atoms with Crippen LogP contribution in [0.25, 0.3) is 0 Å². The summed E-state index contributed by atoms with van der Waals surface area (Å²) in [7, 11) is 2.17. The zero-order valence-electron chi connectivity index (χ0n) is 24.0. The summed E-state index contributed by atoms with van der Waals surface area (Å²) in [6, 6.07) is 11.1. The lowest BCUT2D eigenvalue weighted by Crippen LogP contribution is -2.73. The van der Waals surface area contributed by atoms with Crippen molar-refractivity contribution in [3.05, 3.63) is 48.0 Å². The van der Waals surface area contributed by atoms with E-state index in [0.717, 1.165) is 50.8 Å². The van der Waals surface area contributed by atoms with E-state index in [4.69, 9.17) is 21.1 Å². The second kappa shape index (κ2) is 12.3. The summed E-state index contributed by atoms with van der Waals surface area (Å²) in [6.45, 7) is 7.41. The summed E-state index contributed by atoms with van der Waals surface area (Å²) in [4.78, 5) is 19.2. The van der Waals surface area contributed by atoms with Crippen molar-refractivity contribution in [1.82, 2.24) is 25.3 Å². The number of carbonyl (C=O) groups excluding carboxylic acids is 1. The molecule has 6 rings (SSSR count). The van der Waals surface area contributed by atoms with Crippen LogP contribution in [0.15, 0.2) is 36.9 Å². The summed E-state index contributed by atoms with van der Waals surface area (Å²) in [5.41, 5.74) is 1.60. The van der Waals surface area contributed by atoms with Gasteiger partial charge < -0.3 is 19.3 Å². The lowest BCUT2D eigenvalue weighted by Gasteiger charge is -2.56. The first-order valence-corrected chi connectivity index (χ1v) is 15.6. The quantitative estimate of drug-likeness (QED) is 0.391. The fourth-order valence-electron chi connectivity index (χ4n) is 7.91. The number of hydrogen-bond acceptors (Lipinski definition) is 8. The largest absolute Gasteiger partial charge is 0.351 e. The lowest BCUT2D eigenvalue weighted by molar-refractivity contribution is -0.155. The number of ether oxygens (including phenoxy) is 2. The van der Waals surface area contributed by atoms with Gasteiger partial charge in [0.1, 0.15) is 0 Å². The molecule has 2 N–H and O–H groups in total. The Hall–Kier alpha value is -2.03. The van der Waals surface area contributed by atoms with Gasteiger partial charge in [-0.1, -0.05) is 42.4 Å². The molecule has 0 bridgehead atoms. The molecular formula is C31H43ClN6O3. The van der Waals surface area contributed by atoms with Crippen LogP contribution in [0.2, 0.25) is 0 Å². The van der Waals surface area contributed by atoms with Gasteiger partial charge in [-0.15, -0.1) is 0 Å². The minimum Gasteiger partial charge on any atom is -0.351 e. The van der Waals surface area contributed by atoms with Crippen LogP contribution in [0, 0.1) is 17.2 Å². The van der Waals surface area contributed by atoms with E-state index in [1.165, 1.54) is 18.1 Å². The van der Waals surface area contributed by atoms with E-state index in [9.17, 15) is 10.1 Å². The molecule has 0 aromatic heterocycles. The number of nitrogens with zero attached hydrogens (tertiary/aromatic N) is 4. The highest BCUT2D eigenvalue weighted by Gasteiger charge is 2.51. The van der Waals surface area contributed by atoms with Crippen LogP contribution in [0.4, 0.5) is 0 Å². The third kappa shape index (κ3) is 5.94. The number of nitriles is 1. The van der Waals surface area contributed by atoms with E-state index in [2.05, 4.69) is 58.3 Å². The van der Waals surface area contributed by atoms with Crippen LogP contribution >= 0.6 is 11.6 Å². The first kappa shape index (κ1) is 29.1. The van der Waals surface area contributed by atoms with Gasteiger partial charge >= 0.3 is 0 Å². The molecule has 5 aliphatic rings. The number of halogens is 1. The number of nitrogens with one attached hydrogen (secondary N) is 2. The predicted molar refractivity (Wildman–Crippen MR) is 157 cm³/mol. The standard InChI is InChI=1S/C31H43ClN6O3/c1-3-27(39)38-16-15-37(19-22(38)11-13-33)29-25-10-12-31(17-21-7-4-5-9-24(21)28(32)41-31)18-26(25)34-30(35-29)40-20-23-8-6-14-36(23)2/h3-5,7,9,22-23,25-26,28-30,34-35H,1,6,8,10-12,14-20H2,2H3/t22?,23?,25?,26?,28?,29?,30?,31-/m1/s1. The summed E-state index contributed by atoms with van der Waals surface area (Å²) in [5.74, 6) is 0.224. The highest BCUT2D eigenvalue weighted by molar-refractivity contribution is 6.20. The lowest BCUT2D eigenvalue weighted by atomic mass is 9.69. The molecule has 41 heavy (non-hydrogen) atoms. The van der Waals surface area contributed by atoms with Crippen molar-refractivity contribution in [3.8, 4) is 6.07 Å². The van der Waals surface area contributed by atoms with E-state index in [0.29, 0.717) is 38.1 Å². The maximum absolute atomic E-state index is 12.5. The number of alkyl halides is 1. The maximum Gasteiger partial charge on any atom is 0.246 e. The van der Waals surface area contributed by atoms with Gasteiger partial charge in [-0.05, 0) is 62.9 Å². The predicted octanol–water partition coefficient (Wildman–Crippen LogP) is 2.93. The van der Waals surface area contributed by atoms with E-state index < -0.39 is 5.56 Å². The van der Waals surface area contributed by atoms with Crippen molar-refractivity contribution in [1.29, 1.82) is 5.26 Å². The summed E-state index contributed by atoms with van der Waals surface area (Å²) in [6.07, 6.45) is 7.42. The van der Waals surface area contributed by atoms with Gasteiger partial charge in [0, 0.05) is 44.1 Å². The molecule has 222 valence electrons. The topological polar surface area (TPSA) is 93.1 Å². The minimum absolute atomic E-state index is 0.0646. The first-order valence-electron chi connectivity index (χ1n) is 15.2. The Kier molecular flexibility index (Phi) is 8.71. The maximum atomic E-state index is 12.5. The third-order valence-corrected chi connectivity index (χ3v) is 10.4. The number of rotatable bonds is 6. The van der Waals surface area contributed by atoms with E-state index >= 15 is 0 Å². The van der Waals surface area contributed by atoms with Crippen LogP contribution < -0.4 is 10.6 Å². The second-order valence-corrected chi connectivity index (χ2v) is 12.9. The molecule has 9 nitrogen and oxygen atoms in total. The van der Waals surface area contributed by atoms with Crippen molar-refractivity contribution in [3.63, 3.8) is 0 Å². The Labute approximate surface area is 248 Å². The first-order chi connectivity index (χ1) is 19.9. The summed E-state index contributed by atoms with van der Waals surface area (Å²) in [5, 5.41) is 17.2. The molecule has 4 heterocycles. The fraction of sp³-hybridized carbons (Fsp3) is 0.677. The van der Waals surface area contributed by atoms with E-state index in [1.54, 1.807) is 4.90 Å². The summed E-state index contributed by atoms with van der Waals surface area (Å²) >= 11 is 6.80. The zero-order chi connectivity index (χ0) is 28.6. The highest BCUT2D eigenvalue weighted by Crippen LogP contribution is 2.48. The number of hydrogen-bond donors (Lipinski definition) is 2. The molecule has 1 aromatic carbocycles. The van der Waals surface area contributed by atoms with Crippen LogP contribution in [0.3, 0.4) is 0 Å². The Morgan fingerprint density at radius 2 is 2.12 bits per heavy atom. The molecule has 0 radical (unpaired) electrons. The molecule has 1 amide bonds. The molecule has 1 aromatic rings. The van der Waals surface area contributed by atoms with Crippen LogP contribution in [0.5, 0.6) is 0 Å². The Bertz CT molecular complexity index is 1160. The molecule has 1 aliphatic carbocycles. The molecule has 7 unspecified atom stereocenters. The van der Waals surface area contributed by atoms with Gasteiger partial charge in [-0.25, -0.2) is 0 Å². The van der Waals surface area contributed by atoms with Crippen LogP contribution in [-0.2, 0) is 20.7 Å². The molecule has 1 spiro atoms. The van der Waals surface area contributed by atoms with Gasteiger partial charge in [0.15, 0.2) is 11.9 Å². The van der Waals surface area contributed by atoms with Gasteiger partial charge in [-0.3, -0.25) is 20.3 Å². The molecular weight excluding hydrogens is 540 g/mol. The smallest absolute Gasteiger partial charge is 0.246 e. The van der Waals surface area contributed by atoms with Crippen LogP contribution in [0.1, 0.15) is 55.2 Å². The van der Waals surface area contributed by atoms with Crippen LogP contribution in [-0.4, -0.2) is 96.7 Å². The monoisotopic (exact) mass is 582 g/mol. The third-order valence-electron chi connectivity index (χ3n) is 10.1. The highest BCUT2D eigenvalue weighted by atomic mass is 35.5. The number of benzene rings is 1. The van der Waals surface area contributed by atoms with Gasteiger partial charge in [0.25, 0.3) is 0 Å². The minimum atomic E-state index is -0.443. The fourth-order valence-corrected chi connectivity index (χ4v) is 8.31. The SMILES string of the molecule is C=CC(=O)N1CCN(C2NC(OCC3CCCN3C)NC3C[C@@]4(CCC32)Cc2ccccc2C(Cl)O4)CC1CC#N. The average molecular weight is 583 g/mol. The molecule has 10 heteroatoms. The second-order valence-electron chi connectivity index (χ2n) is 12.5. The van der Waals surface area contributed by atoms with Gasteiger partial charge in [0.05, 0.1) is 36.9 Å². The number of amides is 1. The van der Waals surface area contributed by atoms with Crippen molar-refractivity contribution in [2.45, 2.75) is 86.8 Å². The molecule has 8 atom stereocenters. The van der Waals surface area contributed by atoms with Gasteiger partial charge in [0.2, 0.25) is 5.91 Å². The normalized spacial score (nSPS) is 37.8. The van der Waals surface area contributed by atoms with Crippen molar-refractivity contribution in [2.24, 2.45) is 5.92 Å². The number of carbonyl (C=O) groups is 1. The van der Waals surface area contributed by atoms with E-state index in [1.807, 2.05) is 6.07 Å².